The van der Waals surface area contributed by atoms with Gasteiger partial charge in [0.1, 0.15) is 0 Å². The third kappa shape index (κ3) is 3.95. The molecule has 2 rings (SSSR count). The maximum atomic E-state index is 11.9. The van der Waals surface area contributed by atoms with Gasteiger partial charge in [-0.2, -0.15) is 0 Å². The summed E-state index contributed by atoms with van der Waals surface area (Å²) < 4.78 is 0. The molecular formula is C14H27N3O. The Hall–Kier alpha value is -0.610. The summed E-state index contributed by atoms with van der Waals surface area (Å²) in [5.74, 6) is 0.536. The molecule has 1 saturated carbocycles. The molecule has 1 aliphatic carbocycles. The Labute approximate surface area is 110 Å². The lowest BCUT2D eigenvalue weighted by atomic mass is 10.0. The minimum absolute atomic E-state index is 0.192. The number of piperidine rings is 1. The van der Waals surface area contributed by atoms with E-state index in [1.807, 2.05) is 0 Å². The molecule has 2 aliphatic rings. The van der Waals surface area contributed by atoms with Crippen LogP contribution in [0.3, 0.4) is 0 Å². The van der Waals surface area contributed by atoms with E-state index in [2.05, 4.69) is 17.1 Å². The Balaban J connectivity index is 1.65. The van der Waals surface area contributed by atoms with Crippen LogP contribution in [0.25, 0.3) is 0 Å². The molecule has 0 aromatic rings. The lowest BCUT2D eigenvalue weighted by Crippen LogP contribution is -2.45. The lowest BCUT2D eigenvalue weighted by molar-refractivity contribution is -0.123. The minimum atomic E-state index is 0.192. The van der Waals surface area contributed by atoms with Crippen molar-refractivity contribution < 1.29 is 4.79 Å². The molecule has 1 amide bonds. The number of nitrogens with one attached hydrogen (secondary N) is 1. The van der Waals surface area contributed by atoms with Gasteiger partial charge in [-0.05, 0) is 38.1 Å². The van der Waals surface area contributed by atoms with Gasteiger partial charge in [-0.3, -0.25) is 4.79 Å². The van der Waals surface area contributed by atoms with E-state index in [4.69, 9.17) is 5.73 Å². The Morgan fingerprint density at radius 1 is 1.33 bits per heavy atom. The van der Waals surface area contributed by atoms with E-state index < -0.39 is 0 Å². The van der Waals surface area contributed by atoms with Crippen LogP contribution < -0.4 is 11.1 Å². The van der Waals surface area contributed by atoms with E-state index in [0.717, 1.165) is 38.4 Å². The van der Waals surface area contributed by atoms with Crippen LogP contribution in [-0.2, 0) is 4.79 Å². The third-order valence-corrected chi connectivity index (χ3v) is 4.34. The first-order valence-electron chi connectivity index (χ1n) is 7.46. The molecular weight excluding hydrogens is 226 g/mol. The summed E-state index contributed by atoms with van der Waals surface area (Å²) in [7, 11) is 0. The summed E-state index contributed by atoms with van der Waals surface area (Å²) in [5, 5.41) is 3.18. The standard InChI is InChI=1S/C14H27N3O/c1-2-11(10-15)9-14(18)16-12-5-7-17(8-6-12)13-3-4-13/h11-13H,2-10,15H2,1H3,(H,16,18). The minimum Gasteiger partial charge on any atom is -0.353 e. The van der Waals surface area contributed by atoms with Crippen LogP contribution in [0.1, 0.15) is 45.4 Å². The Morgan fingerprint density at radius 3 is 2.50 bits per heavy atom. The van der Waals surface area contributed by atoms with Crippen LogP contribution >= 0.6 is 0 Å². The average Bonchev–Trinajstić information content (AvgIpc) is 3.21. The molecule has 1 saturated heterocycles. The largest absolute Gasteiger partial charge is 0.353 e. The highest BCUT2D eigenvalue weighted by atomic mass is 16.1. The highest BCUT2D eigenvalue weighted by molar-refractivity contribution is 5.76. The Morgan fingerprint density at radius 2 is 2.00 bits per heavy atom. The van der Waals surface area contributed by atoms with Gasteiger partial charge in [-0.15, -0.1) is 0 Å². The number of nitrogens with zero attached hydrogens (tertiary/aromatic N) is 1. The highest BCUT2D eigenvalue weighted by Gasteiger charge is 2.32. The van der Waals surface area contributed by atoms with Crippen molar-refractivity contribution in [1.82, 2.24) is 10.2 Å². The molecule has 1 atom stereocenters. The molecule has 0 aromatic heterocycles. The van der Waals surface area contributed by atoms with Gasteiger partial charge in [0.2, 0.25) is 5.91 Å². The number of carbonyl (C=O) groups is 1. The topological polar surface area (TPSA) is 58.4 Å². The fourth-order valence-corrected chi connectivity index (χ4v) is 2.79. The molecule has 104 valence electrons. The zero-order valence-electron chi connectivity index (χ0n) is 11.5. The molecule has 3 N–H and O–H groups in total. The number of nitrogens with two attached hydrogens (primary N) is 1. The predicted octanol–water partition coefficient (Wildman–Crippen LogP) is 1.10. The van der Waals surface area contributed by atoms with Gasteiger partial charge in [0, 0.05) is 31.6 Å². The second kappa shape index (κ2) is 6.53. The zero-order valence-corrected chi connectivity index (χ0v) is 11.5. The molecule has 0 spiro atoms. The van der Waals surface area contributed by atoms with Gasteiger partial charge in [0.25, 0.3) is 0 Å². The zero-order chi connectivity index (χ0) is 13.0. The van der Waals surface area contributed by atoms with E-state index in [1.54, 1.807) is 0 Å². The van der Waals surface area contributed by atoms with E-state index in [-0.39, 0.29) is 5.91 Å². The van der Waals surface area contributed by atoms with Crippen molar-refractivity contribution in [3.05, 3.63) is 0 Å². The summed E-state index contributed by atoms with van der Waals surface area (Å²) in [5.41, 5.74) is 5.64. The van der Waals surface area contributed by atoms with Gasteiger partial charge < -0.3 is 16.0 Å². The number of hydrogen-bond acceptors (Lipinski definition) is 3. The van der Waals surface area contributed by atoms with E-state index >= 15 is 0 Å². The van der Waals surface area contributed by atoms with Crippen LogP contribution in [0.2, 0.25) is 0 Å². The van der Waals surface area contributed by atoms with Crippen molar-refractivity contribution >= 4 is 5.91 Å². The van der Waals surface area contributed by atoms with Gasteiger partial charge >= 0.3 is 0 Å². The van der Waals surface area contributed by atoms with Crippen molar-refractivity contribution in [2.24, 2.45) is 11.7 Å². The molecule has 1 heterocycles. The maximum absolute atomic E-state index is 11.9. The number of hydrogen-bond donors (Lipinski definition) is 2. The monoisotopic (exact) mass is 253 g/mol. The summed E-state index contributed by atoms with van der Waals surface area (Å²) in [4.78, 5) is 14.5. The molecule has 0 bridgehead atoms. The van der Waals surface area contributed by atoms with Crippen LogP contribution in [0.5, 0.6) is 0 Å². The van der Waals surface area contributed by atoms with Gasteiger partial charge in [0.15, 0.2) is 0 Å². The van der Waals surface area contributed by atoms with Crippen molar-refractivity contribution in [2.45, 2.75) is 57.5 Å². The smallest absolute Gasteiger partial charge is 0.220 e. The van der Waals surface area contributed by atoms with E-state index in [9.17, 15) is 4.79 Å². The van der Waals surface area contributed by atoms with Crippen molar-refractivity contribution in [2.75, 3.05) is 19.6 Å². The number of amides is 1. The number of carbonyl (C=O) groups excluding carboxylic acids is 1. The second-order valence-corrected chi connectivity index (χ2v) is 5.82. The summed E-state index contributed by atoms with van der Waals surface area (Å²) in [6.07, 6.45) is 6.57. The quantitative estimate of drug-likeness (QED) is 0.745. The molecule has 1 aliphatic heterocycles. The van der Waals surface area contributed by atoms with Gasteiger partial charge in [-0.1, -0.05) is 13.3 Å². The normalized spacial score (nSPS) is 23.9. The molecule has 4 nitrogen and oxygen atoms in total. The fourth-order valence-electron chi connectivity index (χ4n) is 2.79. The summed E-state index contributed by atoms with van der Waals surface area (Å²) in [6, 6.07) is 1.26. The van der Waals surface area contributed by atoms with Crippen LogP contribution in [0, 0.1) is 5.92 Å². The molecule has 1 unspecified atom stereocenters. The maximum Gasteiger partial charge on any atom is 0.220 e. The highest BCUT2D eigenvalue weighted by Crippen LogP contribution is 2.29. The Bertz CT molecular complexity index is 266. The van der Waals surface area contributed by atoms with Crippen LogP contribution in [-0.4, -0.2) is 42.5 Å². The van der Waals surface area contributed by atoms with Gasteiger partial charge in [0.05, 0.1) is 0 Å². The molecule has 18 heavy (non-hydrogen) atoms. The predicted molar refractivity (Wildman–Crippen MR) is 73.2 cm³/mol. The first-order valence-corrected chi connectivity index (χ1v) is 7.46. The van der Waals surface area contributed by atoms with Crippen molar-refractivity contribution in [3.63, 3.8) is 0 Å². The van der Waals surface area contributed by atoms with Crippen molar-refractivity contribution in [1.29, 1.82) is 0 Å². The van der Waals surface area contributed by atoms with Gasteiger partial charge in [-0.25, -0.2) is 0 Å². The SMILES string of the molecule is CCC(CN)CC(=O)NC1CCN(C2CC2)CC1. The molecule has 2 fully saturated rings. The third-order valence-electron chi connectivity index (χ3n) is 4.34. The van der Waals surface area contributed by atoms with Crippen LogP contribution in [0.15, 0.2) is 0 Å². The summed E-state index contributed by atoms with van der Waals surface area (Å²) >= 11 is 0. The number of rotatable bonds is 6. The van der Waals surface area contributed by atoms with Crippen molar-refractivity contribution in [3.8, 4) is 0 Å². The van der Waals surface area contributed by atoms with E-state index in [0.29, 0.717) is 24.9 Å². The second-order valence-electron chi connectivity index (χ2n) is 5.82. The first-order chi connectivity index (χ1) is 8.72. The van der Waals surface area contributed by atoms with Crippen LogP contribution in [0.4, 0.5) is 0 Å². The summed E-state index contributed by atoms with van der Waals surface area (Å²) in [6.45, 7) is 5.02. The first kappa shape index (κ1) is 13.8. The molecule has 4 heteroatoms. The lowest BCUT2D eigenvalue weighted by Gasteiger charge is -2.32. The molecule has 0 radical (unpaired) electrons. The number of likely N-dealkylation sites (tertiary alicyclic amines) is 1. The fraction of sp³-hybridized carbons (Fsp3) is 0.929. The Kier molecular flexibility index (Phi) is 5.01. The van der Waals surface area contributed by atoms with E-state index in [1.165, 1.54) is 12.8 Å². The average molecular weight is 253 g/mol. The molecule has 0 aromatic carbocycles.